The second-order valence-electron chi connectivity index (χ2n) is 3.76. The number of nitrogens with one attached hydrogen (secondary N) is 1. The second-order valence-corrected chi connectivity index (χ2v) is 4.86. The summed E-state index contributed by atoms with van der Waals surface area (Å²) in [6.45, 7) is 9.18. The van der Waals surface area contributed by atoms with E-state index in [-0.39, 0.29) is 4.95 Å². The van der Waals surface area contributed by atoms with E-state index >= 15 is 0 Å². The lowest BCUT2D eigenvalue weighted by atomic mass is 10.2. The fraction of sp³-hybridized carbons (Fsp3) is 0.778. The standard InChI is InChI=1S/C9H17BrNO2/c1-5-6-7(10)11-8(12)13-9(2,3)4/h7H,1,5-6H2,2-4H3,(H,11,12). The maximum atomic E-state index is 11.2. The van der Waals surface area contributed by atoms with Crippen LogP contribution in [-0.2, 0) is 4.74 Å². The van der Waals surface area contributed by atoms with Crippen LogP contribution in [0.1, 0.15) is 33.6 Å². The third kappa shape index (κ3) is 8.09. The molecular formula is C9H17BrNO2. The van der Waals surface area contributed by atoms with Gasteiger partial charge in [-0.2, -0.15) is 0 Å². The summed E-state index contributed by atoms with van der Waals surface area (Å²) in [4.78, 5) is 11.1. The summed E-state index contributed by atoms with van der Waals surface area (Å²) in [5, 5.41) is 2.65. The van der Waals surface area contributed by atoms with E-state index in [0.29, 0.717) is 0 Å². The Labute approximate surface area is 88.4 Å². The number of halogens is 1. The highest BCUT2D eigenvalue weighted by molar-refractivity contribution is 9.09. The van der Waals surface area contributed by atoms with Crippen LogP contribution in [-0.4, -0.2) is 16.6 Å². The number of carbonyl (C=O) groups excluding carboxylic acids is 1. The summed E-state index contributed by atoms with van der Waals surface area (Å²) in [5.41, 5.74) is -0.443. The van der Waals surface area contributed by atoms with Crippen LogP contribution in [0.2, 0.25) is 0 Å². The normalized spacial score (nSPS) is 13.6. The minimum atomic E-state index is -0.443. The molecule has 4 heteroatoms. The van der Waals surface area contributed by atoms with E-state index in [1.165, 1.54) is 0 Å². The van der Waals surface area contributed by atoms with Crippen molar-refractivity contribution in [1.29, 1.82) is 0 Å². The van der Waals surface area contributed by atoms with Crippen LogP contribution in [0, 0.1) is 6.92 Å². The van der Waals surface area contributed by atoms with Gasteiger partial charge in [0.1, 0.15) is 5.60 Å². The Hall–Kier alpha value is -0.250. The van der Waals surface area contributed by atoms with Crippen molar-refractivity contribution in [3.8, 4) is 0 Å². The number of amides is 1. The maximum absolute atomic E-state index is 11.2. The number of carbonyl (C=O) groups is 1. The smallest absolute Gasteiger partial charge is 0.408 e. The number of rotatable bonds is 3. The summed E-state index contributed by atoms with van der Waals surface area (Å²) in [6, 6.07) is 0. The van der Waals surface area contributed by atoms with Crippen molar-refractivity contribution < 1.29 is 9.53 Å². The van der Waals surface area contributed by atoms with Gasteiger partial charge in [-0.25, -0.2) is 4.79 Å². The summed E-state index contributed by atoms with van der Waals surface area (Å²) in [7, 11) is 0. The first-order valence-corrected chi connectivity index (χ1v) is 5.19. The van der Waals surface area contributed by atoms with Crippen molar-refractivity contribution in [3.05, 3.63) is 6.92 Å². The van der Waals surface area contributed by atoms with Gasteiger partial charge in [-0.05, 0) is 27.2 Å². The Morgan fingerprint density at radius 1 is 1.62 bits per heavy atom. The van der Waals surface area contributed by atoms with Gasteiger partial charge in [0, 0.05) is 0 Å². The van der Waals surface area contributed by atoms with Gasteiger partial charge in [0.25, 0.3) is 0 Å². The minimum absolute atomic E-state index is 0.0557. The molecule has 0 aliphatic carbocycles. The number of ether oxygens (including phenoxy) is 1. The van der Waals surface area contributed by atoms with Crippen LogP contribution in [0.25, 0.3) is 0 Å². The summed E-state index contributed by atoms with van der Waals surface area (Å²) < 4.78 is 5.05. The van der Waals surface area contributed by atoms with E-state index in [4.69, 9.17) is 4.74 Å². The lowest BCUT2D eigenvalue weighted by Crippen LogP contribution is -2.36. The molecule has 0 aromatic carbocycles. The summed E-state index contributed by atoms with van der Waals surface area (Å²) in [5.74, 6) is 0. The fourth-order valence-corrected chi connectivity index (χ4v) is 1.20. The molecule has 13 heavy (non-hydrogen) atoms. The van der Waals surface area contributed by atoms with Gasteiger partial charge >= 0.3 is 6.09 Å². The molecule has 0 aromatic heterocycles. The maximum Gasteiger partial charge on any atom is 0.408 e. The first-order valence-electron chi connectivity index (χ1n) is 4.28. The molecule has 1 radical (unpaired) electrons. The first kappa shape index (κ1) is 12.8. The topological polar surface area (TPSA) is 38.3 Å². The molecule has 0 rings (SSSR count). The van der Waals surface area contributed by atoms with Crippen LogP contribution in [0.15, 0.2) is 0 Å². The van der Waals surface area contributed by atoms with Crippen LogP contribution in [0.3, 0.4) is 0 Å². The van der Waals surface area contributed by atoms with E-state index in [1.54, 1.807) is 0 Å². The third-order valence-corrected chi connectivity index (χ3v) is 1.82. The van der Waals surface area contributed by atoms with Crippen LogP contribution in [0.5, 0.6) is 0 Å². The molecule has 3 nitrogen and oxygen atoms in total. The molecule has 1 amide bonds. The highest BCUT2D eigenvalue weighted by Crippen LogP contribution is 2.09. The predicted octanol–water partition coefficient (Wildman–Crippen LogP) is 2.85. The van der Waals surface area contributed by atoms with E-state index in [9.17, 15) is 4.79 Å². The average Bonchev–Trinajstić information content (AvgIpc) is 1.81. The number of hydrogen-bond acceptors (Lipinski definition) is 2. The van der Waals surface area contributed by atoms with Crippen LogP contribution < -0.4 is 5.32 Å². The van der Waals surface area contributed by atoms with E-state index in [0.717, 1.165) is 12.8 Å². The van der Waals surface area contributed by atoms with Gasteiger partial charge in [-0.3, -0.25) is 0 Å². The molecule has 0 heterocycles. The Kier molecular flexibility index (Phi) is 5.37. The van der Waals surface area contributed by atoms with Crippen molar-refractivity contribution >= 4 is 22.0 Å². The largest absolute Gasteiger partial charge is 0.444 e. The van der Waals surface area contributed by atoms with Crippen LogP contribution >= 0.6 is 15.9 Å². The molecule has 0 saturated carbocycles. The molecule has 0 fully saturated rings. The molecule has 0 aliphatic heterocycles. The fourth-order valence-electron chi connectivity index (χ4n) is 0.687. The monoisotopic (exact) mass is 250 g/mol. The minimum Gasteiger partial charge on any atom is -0.444 e. The van der Waals surface area contributed by atoms with Crippen molar-refractivity contribution in [2.24, 2.45) is 0 Å². The highest BCUT2D eigenvalue weighted by atomic mass is 79.9. The van der Waals surface area contributed by atoms with Gasteiger partial charge in [-0.1, -0.05) is 29.3 Å². The zero-order chi connectivity index (χ0) is 10.5. The molecule has 1 atom stereocenters. The number of alkyl halides is 1. The second kappa shape index (κ2) is 5.47. The number of alkyl carbamates (subject to hydrolysis) is 1. The molecule has 77 valence electrons. The Morgan fingerprint density at radius 2 is 2.15 bits per heavy atom. The molecule has 0 bridgehead atoms. The quantitative estimate of drug-likeness (QED) is 0.618. The zero-order valence-corrected chi connectivity index (χ0v) is 9.98. The molecule has 0 spiro atoms. The van der Waals surface area contributed by atoms with Crippen molar-refractivity contribution in [2.75, 3.05) is 0 Å². The van der Waals surface area contributed by atoms with Crippen LogP contribution in [0.4, 0.5) is 4.79 Å². The van der Waals surface area contributed by atoms with Crippen molar-refractivity contribution in [3.63, 3.8) is 0 Å². The van der Waals surface area contributed by atoms with Crippen molar-refractivity contribution in [1.82, 2.24) is 5.32 Å². The number of hydrogen-bond donors (Lipinski definition) is 1. The highest BCUT2D eigenvalue weighted by Gasteiger charge is 2.17. The summed E-state index contributed by atoms with van der Waals surface area (Å²) >= 11 is 3.29. The molecular weight excluding hydrogens is 234 g/mol. The van der Waals surface area contributed by atoms with Gasteiger partial charge in [0.05, 0.1) is 4.95 Å². The van der Waals surface area contributed by atoms with Gasteiger partial charge in [0.15, 0.2) is 0 Å². The lowest BCUT2D eigenvalue weighted by molar-refractivity contribution is 0.0522. The van der Waals surface area contributed by atoms with E-state index < -0.39 is 11.7 Å². The lowest BCUT2D eigenvalue weighted by Gasteiger charge is -2.21. The Morgan fingerprint density at radius 3 is 2.54 bits per heavy atom. The Balaban J connectivity index is 3.74. The average molecular weight is 251 g/mol. The Bertz CT molecular complexity index is 165. The van der Waals surface area contributed by atoms with Gasteiger partial charge in [0.2, 0.25) is 0 Å². The molecule has 0 aromatic rings. The predicted molar refractivity (Wildman–Crippen MR) is 56.7 cm³/mol. The zero-order valence-electron chi connectivity index (χ0n) is 8.39. The first-order chi connectivity index (χ1) is 5.85. The molecule has 1 unspecified atom stereocenters. The molecule has 1 N–H and O–H groups in total. The SMILES string of the molecule is [CH2]CCC(Br)NC(=O)OC(C)(C)C. The third-order valence-electron chi connectivity index (χ3n) is 1.13. The van der Waals surface area contributed by atoms with E-state index in [2.05, 4.69) is 28.2 Å². The van der Waals surface area contributed by atoms with Gasteiger partial charge < -0.3 is 10.1 Å². The van der Waals surface area contributed by atoms with E-state index in [1.807, 2.05) is 20.8 Å². The van der Waals surface area contributed by atoms with Gasteiger partial charge in [-0.15, -0.1) is 0 Å². The van der Waals surface area contributed by atoms with Crippen molar-refractivity contribution in [2.45, 2.75) is 44.2 Å². The molecule has 0 aliphatic rings. The molecule has 0 saturated heterocycles. The summed E-state index contributed by atoms with van der Waals surface area (Å²) in [6.07, 6.45) is 1.16.